The van der Waals surface area contributed by atoms with Gasteiger partial charge in [-0.1, -0.05) is 18.5 Å². The molecule has 0 saturated carbocycles. The molecule has 21 heavy (non-hydrogen) atoms. The third-order valence-corrected chi connectivity index (χ3v) is 2.89. The van der Waals surface area contributed by atoms with Crippen LogP contribution in [0.25, 0.3) is 0 Å². The number of anilines is 3. The SMILES string of the molecule is CCc1nc(N)cc(Nc2ccc(Cl)cc2C(F)(F)F)n1. The van der Waals surface area contributed by atoms with Crippen molar-refractivity contribution >= 4 is 28.9 Å². The van der Waals surface area contributed by atoms with Crippen molar-refractivity contribution in [3.05, 3.63) is 40.7 Å². The summed E-state index contributed by atoms with van der Waals surface area (Å²) in [5.74, 6) is 0.832. The number of benzene rings is 1. The van der Waals surface area contributed by atoms with E-state index in [1.807, 2.05) is 6.92 Å². The van der Waals surface area contributed by atoms with Crippen molar-refractivity contribution in [2.24, 2.45) is 0 Å². The largest absolute Gasteiger partial charge is 0.418 e. The second kappa shape index (κ2) is 5.77. The van der Waals surface area contributed by atoms with E-state index in [2.05, 4.69) is 15.3 Å². The first-order valence-corrected chi connectivity index (χ1v) is 6.44. The Kier molecular flexibility index (Phi) is 4.22. The first-order chi connectivity index (χ1) is 9.79. The predicted molar refractivity (Wildman–Crippen MR) is 75.6 cm³/mol. The van der Waals surface area contributed by atoms with Gasteiger partial charge in [-0.15, -0.1) is 0 Å². The number of hydrogen-bond donors (Lipinski definition) is 2. The summed E-state index contributed by atoms with van der Waals surface area (Å²) in [6, 6.07) is 4.84. The quantitative estimate of drug-likeness (QED) is 0.897. The fourth-order valence-electron chi connectivity index (χ4n) is 1.74. The highest BCUT2D eigenvalue weighted by molar-refractivity contribution is 6.30. The maximum absolute atomic E-state index is 13.0. The zero-order chi connectivity index (χ0) is 15.6. The Morgan fingerprint density at radius 3 is 2.57 bits per heavy atom. The molecule has 112 valence electrons. The van der Waals surface area contributed by atoms with Crippen LogP contribution in [-0.2, 0) is 12.6 Å². The van der Waals surface area contributed by atoms with Crippen LogP contribution in [0.2, 0.25) is 5.02 Å². The van der Waals surface area contributed by atoms with Gasteiger partial charge in [0.25, 0.3) is 0 Å². The summed E-state index contributed by atoms with van der Waals surface area (Å²) in [4.78, 5) is 8.05. The normalized spacial score (nSPS) is 11.5. The molecule has 1 heterocycles. The molecule has 0 atom stereocenters. The maximum Gasteiger partial charge on any atom is 0.418 e. The summed E-state index contributed by atoms with van der Waals surface area (Å²) in [5, 5.41) is 2.62. The van der Waals surface area contributed by atoms with Crippen LogP contribution in [0.4, 0.5) is 30.5 Å². The van der Waals surface area contributed by atoms with Crippen molar-refractivity contribution in [3.63, 3.8) is 0 Å². The predicted octanol–water partition coefficient (Wildman–Crippen LogP) is 4.04. The Bertz CT molecular complexity index is 658. The molecule has 0 unspecified atom stereocenters. The molecule has 0 radical (unpaired) electrons. The zero-order valence-electron chi connectivity index (χ0n) is 11.0. The summed E-state index contributed by atoms with van der Waals surface area (Å²) >= 11 is 5.63. The fraction of sp³-hybridized carbons (Fsp3) is 0.231. The van der Waals surface area contributed by atoms with Crippen LogP contribution in [0.3, 0.4) is 0 Å². The van der Waals surface area contributed by atoms with Gasteiger partial charge in [0.05, 0.1) is 11.3 Å². The molecule has 3 N–H and O–H groups in total. The molecule has 0 amide bonds. The number of aromatic nitrogens is 2. The van der Waals surface area contributed by atoms with E-state index in [0.29, 0.717) is 12.2 Å². The molecule has 0 fully saturated rings. The molecule has 0 spiro atoms. The van der Waals surface area contributed by atoms with E-state index in [0.717, 1.165) is 6.07 Å². The van der Waals surface area contributed by atoms with E-state index in [4.69, 9.17) is 17.3 Å². The Balaban J connectivity index is 2.42. The van der Waals surface area contributed by atoms with Crippen LogP contribution in [0, 0.1) is 0 Å². The van der Waals surface area contributed by atoms with E-state index >= 15 is 0 Å². The van der Waals surface area contributed by atoms with Gasteiger partial charge >= 0.3 is 6.18 Å². The molecular weight excluding hydrogens is 305 g/mol. The van der Waals surface area contributed by atoms with Gasteiger partial charge in [0.2, 0.25) is 0 Å². The van der Waals surface area contributed by atoms with Crippen LogP contribution in [0.15, 0.2) is 24.3 Å². The summed E-state index contributed by atoms with van der Waals surface area (Å²) in [5.41, 5.74) is 4.59. The van der Waals surface area contributed by atoms with Gasteiger partial charge in [-0.25, -0.2) is 9.97 Å². The lowest BCUT2D eigenvalue weighted by molar-refractivity contribution is -0.136. The number of nitrogen functional groups attached to an aromatic ring is 1. The Morgan fingerprint density at radius 1 is 1.24 bits per heavy atom. The fourth-order valence-corrected chi connectivity index (χ4v) is 1.91. The standard InChI is InChI=1S/C13H12ClF3N4/c1-2-11-20-10(18)6-12(21-11)19-9-4-3-7(14)5-8(9)13(15,16)17/h3-6H,2H2,1H3,(H3,18,19,20,21). The van der Waals surface area contributed by atoms with Crippen LogP contribution in [0.5, 0.6) is 0 Å². The Labute approximate surface area is 124 Å². The Hall–Kier alpha value is -2.02. The van der Waals surface area contributed by atoms with Gasteiger partial charge in [-0.05, 0) is 18.2 Å². The maximum atomic E-state index is 13.0. The molecule has 0 aliphatic carbocycles. The number of aryl methyl sites for hydroxylation is 1. The molecule has 0 aliphatic heterocycles. The molecule has 0 aliphatic rings. The van der Waals surface area contributed by atoms with E-state index in [1.165, 1.54) is 18.2 Å². The number of alkyl halides is 3. The molecule has 0 saturated heterocycles. The van der Waals surface area contributed by atoms with Crippen molar-refractivity contribution < 1.29 is 13.2 Å². The molecule has 1 aromatic heterocycles. The number of nitrogens with zero attached hydrogens (tertiary/aromatic N) is 2. The molecule has 1 aromatic carbocycles. The number of halogens is 4. The van der Waals surface area contributed by atoms with E-state index < -0.39 is 11.7 Å². The summed E-state index contributed by atoms with van der Waals surface area (Å²) in [6.07, 6.45) is -4.01. The molecule has 2 aromatic rings. The third kappa shape index (κ3) is 3.75. The third-order valence-electron chi connectivity index (χ3n) is 2.66. The summed E-state index contributed by atoms with van der Waals surface area (Å²) in [7, 11) is 0. The lowest BCUT2D eigenvalue weighted by atomic mass is 10.1. The van der Waals surface area contributed by atoms with Crippen LogP contribution < -0.4 is 11.1 Å². The number of nitrogens with one attached hydrogen (secondary N) is 1. The first kappa shape index (κ1) is 15.4. The van der Waals surface area contributed by atoms with Crippen LogP contribution >= 0.6 is 11.6 Å². The number of rotatable bonds is 3. The minimum Gasteiger partial charge on any atom is -0.384 e. The Morgan fingerprint density at radius 2 is 1.95 bits per heavy atom. The van der Waals surface area contributed by atoms with Crippen LogP contribution in [0.1, 0.15) is 18.3 Å². The highest BCUT2D eigenvalue weighted by atomic mass is 35.5. The lowest BCUT2D eigenvalue weighted by Crippen LogP contribution is -2.10. The highest BCUT2D eigenvalue weighted by Crippen LogP contribution is 2.37. The molecule has 4 nitrogen and oxygen atoms in total. The van der Waals surface area contributed by atoms with Crippen molar-refractivity contribution in [2.45, 2.75) is 19.5 Å². The second-order valence-electron chi connectivity index (χ2n) is 4.26. The summed E-state index contributed by atoms with van der Waals surface area (Å²) in [6.45, 7) is 1.82. The van der Waals surface area contributed by atoms with E-state index in [-0.39, 0.29) is 22.3 Å². The summed E-state index contributed by atoms with van der Waals surface area (Å²) < 4.78 is 39.0. The van der Waals surface area contributed by atoms with Gasteiger partial charge in [-0.3, -0.25) is 0 Å². The van der Waals surface area contributed by atoms with Gasteiger partial charge in [-0.2, -0.15) is 13.2 Å². The van der Waals surface area contributed by atoms with Gasteiger partial charge in [0.15, 0.2) is 0 Å². The molecule has 2 rings (SSSR count). The number of hydrogen-bond acceptors (Lipinski definition) is 4. The average Bonchev–Trinajstić information content (AvgIpc) is 2.39. The van der Waals surface area contributed by atoms with E-state index in [9.17, 15) is 13.2 Å². The number of nitrogens with two attached hydrogens (primary N) is 1. The first-order valence-electron chi connectivity index (χ1n) is 6.07. The minimum absolute atomic E-state index is 0.00400. The minimum atomic E-state index is -4.53. The topological polar surface area (TPSA) is 63.8 Å². The van der Waals surface area contributed by atoms with Crippen molar-refractivity contribution in [1.82, 2.24) is 9.97 Å². The molecule has 0 bridgehead atoms. The zero-order valence-corrected chi connectivity index (χ0v) is 11.8. The van der Waals surface area contributed by atoms with Crippen LogP contribution in [-0.4, -0.2) is 9.97 Å². The van der Waals surface area contributed by atoms with Crippen molar-refractivity contribution in [3.8, 4) is 0 Å². The smallest absolute Gasteiger partial charge is 0.384 e. The van der Waals surface area contributed by atoms with E-state index in [1.54, 1.807) is 0 Å². The van der Waals surface area contributed by atoms with Crippen molar-refractivity contribution in [1.29, 1.82) is 0 Å². The van der Waals surface area contributed by atoms with Crippen molar-refractivity contribution in [2.75, 3.05) is 11.1 Å². The molecular formula is C13H12ClF3N4. The lowest BCUT2D eigenvalue weighted by Gasteiger charge is -2.15. The average molecular weight is 317 g/mol. The molecule has 8 heteroatoms. The highest BCUT2D eigenvalue weighted by Gasteiger charge is 2.34. The van der Waals surface area contributed by atoms with Gasteiger partial charge in [0.1, 0.15) is 17.5 Å². The van der Waals surface area contributed by atoms with Gasteiger partial charge in [0, 0.05) is 17.5 Å². The monoisotopic (exact) mass is 316 g/mol. The van der Waals surface area contributed by atoms with Gasteiger partial charge < -0.3 is 11.1 Å². The second-order valence-corrected chi connectivity index (χ2v) is 4.70.